The molecule has 1 saturated carbocycles. The number of hydrogen-bond acceptors (Lipinski definition) is 2. The molecular weight excluding hydrogens is 319 g/mol. The molecule has 2 aliphatic rings. The van der Waals surface area contributed by atoms with E-state index in [1.807, 2.05) is 29.3 Å². The summed E-state index contributed by atoms with van der Waals surface area (Å²) >= 11 is 0. The smallest absolute Gasteiger partial charge is 0.255 e. The van der Waals surface area contributed by atoms with E-state index in [-0.39, 0.29) is 23.4 Å². The Labute approximate surface area is 147 Å². The van der Waals surface area contributed by atoms with Gasteiger partial charge >= 0.3 is 0 Å². The van der Waals surface area contributed by atoms with Crippen LogP contribution in [-0.2, 0) is 0 Å². The number of nitrogens with zero attached hydrogens (tertiary/aromatic N) is 1. The van der Waals surface area contributed by atoms with Gasteiger partial charge < -0.3 is 14.6 Å². The zero-order valence-corrected chi connectivity index (χ0v) is 14.4. The Morgan fingerprint density at radius 3 is 2.60 bits per heavy atom. The third kappa shape index (κ3) is 3.03. The van der Waals surface area contributed by atoms with Crippen molar-refractivity contribution in [1.82, 2.24) is 9.88 Å². The van der Waals surface area contributed by atoms with Crippen LogP contribution in [0, 0.1) is 5.82 Å². The van der Waals surface area contributed by atoms with Gasteiger partial charge in [0.1, 0.15) is 0 Å². The number of aromatic amines is 1. The van der Waals surface area contributed by atoms with Gasteiger partial charge in [0.05, 0.1) is 12.7 Å². The van der Waals surface area contributed by atoms with E-state index in [0.717, 1.165) is 36.9 Å². The van der Waals surface area contributed by atoms with Crippen molar-refractivity contribution in [1.29, 1.82) is 0 Å². The number of carbonyl (C=O) groups excluding carboxylic acids is 1. The number of likely N-dealkylation sites (tertiary alicyclic amines) is 1. The van der Waals surface area contributed by atoms with E-state index < -0.39 is 0 Å². The summed E-state index contributed by atoms with van der Waals surface area (Å²) in [5, 5.41) is 0. The van der Waals surface area contributed by atoms with Crippen molar-refractivity contribution >= 4 is 5.91 Å². The lowest BCUT2D eigenvalue weighted by Crippen LogP contribution is -2.38. The van der Waals surface area contributed by atoms with Gasteiger partial charge in [-0.05, 0) is 55.2 Å². The van der Waals surface area contributed by atoms with Crippen LogP contribution in [0.2, 0.25) is 0 Å². The van der Waals surface area contributed by atoms with E-state index in [1.54, 1.807) is 6.07 Å². The summed E-state index contributed by atoms with van der Waals surface area (Å²) in [6, 6.07) is 7.19. The highest BCUT2D eigenvalue weighted by Crippen LogP contribution is 2.41. The van der Waals surface area contributed by atoms with Crippen LogP contribution >= 0.6 is 0 Å². The Kier molecular flexibility index (Phi) is 4.24. The molecule has 0 unspecified atom stereocenters. The summed E-state index contributed by atoms with van der Waals surface area (Å²) in [6.07, 6.45) is 5.74. The van der Waals surface area contributed by atoms with Crippen LogP contribution in [0.3, 0.4) is 0 Å². The number of amides is 1. The third-order valence-electron chi connectivity index (χ3n) is 5.43. The van der Waals surface area contributed by atoms with Gasteiger partial charge in [-0.2, -0.15) is 0 Å². The maximum absolute atomic E-state index is 14.5. The number of hydrogen-bond donors (Lipinski definition) is 1. The fourth-order valence-corrected chi connectivity index (χ4v) is 3.84. The molecule has 1 N–H and O–H groups in total. The first-order valence-electron chi connectivity index (χ1n) is 8.98. The average Bonchev–Trinajstić information content (AvgIpc) is 3.38. The number of piperidine rings is 1. The molecule has 2 aromatic rings. The fraction of sp³-hybridized carbons (Fsp3) is 0.450. The Balaban J connectivity index is 1.45. The number of aromatic nitrogens is 1. The SMILES string of the molecule is COc1cccc(C2CCN(C(=O)c3cc[nH]c3C3CC3)CC2)c1F. The van der Waals surface area contributed by atoms with Crippen molar-refractivity contribution in [2.24, 2.45) is 0 Å². The Morgan fingerprint density at radius 1 is 1.16 bits per heavy atom. The second-order valence-electron chi connectivity index (χ2n) is 7.01. The maximum atomic E-state index is 14.5. The van der Waals surface area contributed by atoms with E-state index in [9.17, 15) is 9.18 Å². The zero-order valence-electron chi connectivity index (χ0n) is 14.4. The molecule has 0 atom stereocenters. The molecule has 2 fully saturated rings. The quantitative estimate of drug-likeness (QED) is 0.911. The summed E-state index contributed by atoms with van der Waals surface area (Å²) in [5.74, 6) is 0.784. The molecule has 1 aromatic heterocycles. The number of nitrogens with one attached hydrogen (secondary N) is 1. The van der Waals surface area contributed by atoms with Gasteiger partial charge in [-0.3, -0.25) is 4.79 Å². The highest BCUT2D eigenvalue weighted by atomic mass is 19.1. The second-order valence-corrected chi connectivity index (χ2v) is 7.01. The average molecular weight is 342 g/mol. The summed E-state index contributed by atoms with van der Waals surface area (Å²) in [7, 11) is 1.48. The van der Waals surface area contributed by atoms with E-state index in [0.29, 0.717) is 24.6 Å². The van der Waals surface area contributed by atoms with Crippen molar-refractivity contribution in [3.8, 4) is 5.75 Å². The molecule has 132 valence electrons. The van der Waals surface area contributed by atoms with Crippen molar-refractivity contribution < 1.29 is 13.9 Å². The zero-order chi connectivity index (χ0) is 17.4. The van der Waals surface area contributed by atoms with Crippen LogP contribution in [-0.4, -0.2) is 36.0 Å². The number of methoxy groups -OCH3 is 1. The van der Waals surface area contributed by atoms with Crippen molar-refractivity contribution in [2.75, 3.05) is 20.2 Å². The van der Waals surface area contributed by atoms with Crippen LogP contribution < -0.4 is 4.74 Å². The molecule has 4 rings (SSSR count). The first-order chi connectivity index (χ1) is 12.2. The lowest BCUT2D eigenvalue weighted by atomic mass is 9.88. The molecule has 0 spiro atoms. The monoisotopic (exact) mass is 342 g/mol. The van der Waals surface area contributed by atoms with Crippen LogP contribution in [0.15, 0.2) is 30.5 Å². The molecule has 1 saturated heterocycles. The van der Waals surface area contributed by atoms with Crippen LogP contribution in [0.5, 0.6) is 5.75 Å². The molecule has 5 heteroatoms. The third-order valence-corrected chi connectivity index (χ3v) is 5.43. The molecule has 1 aliphatic heterocycles. The molecule has 0 radical (unpaired) electrons. The largest absolute Gasteiger partial charge is 0.494 e. The molecule has 4 nitrogen and oxygen atoms in total. The van der Waals surface area contributed by atoms with Crippen molar-refractivity contribution in [3.05, 3.63) is 53.1 Å². The molecular formula is C20H23FN2O2. The Hall–Kier alpha value is -2.30. The lowest BCUT2D eigenvalue weighted by Gasteiger charge is -2.32. The highest BCUT2D eigenvalue weighted by Gasteiger charge is 2.32. The first-order valence-corrected chi connectivity index (χ1v) is 8.98. The number of ether oxygens (including phenoxy) is 1. The topological polar surface area (TPSA) is 45.3 Å². The number of carbonyl (C=O) groups is 1. The van der Waals surface area contributed by atoms with E-state index >= 15 is 0 Å². The van der Waals surface area contributed by atoms with Gasteiger partial charge in [0.2, 0.25) is 0 Å². The van der Waals surface area contributed by atoms with E-state index in [1.165, 1.54) is 7.11 Å². The van der Waals surface area contributed by atoms with Gasteiger partial charge in [0, 0.05) is 25.0 Å². The molecule has 1 aromatic carbocycles. The fourth-order valence-electron chi connectivity index (χ4n) is 3.84. The number of rotatable bonds is 4. The number of benzene rings is 1. The summed E-state index contributed by atoms with van der Waals surface area (Å²) < 4.78 is 19.6. The molecule has 1 aliphatic carbocycles. The summed E-state index contributed by atoms with van der Waals surface area (Å²) in [5.41, 5.74) is 2.60. The predicted molar refractivity (Wildman–Crippen MR) is 93.6 cm³/mol. The van der Waals surface area contributed by atoms with Crippen LogP contribution in [0.1, 0.15) is 59.1 Å². The Bertz CT molecular complexity index is 774. The standard InChI is InChI=1S/C20H23FN2O2/c1-25-17-4-2-3-15(18(17)21)13-8-11-23(12-9-13)20(24)16-7-10-22-19(16)14-5-6-14/h2-4,7,10,13-14,22H,5-6,8-9,11-12H2,1H3. The summed E-state index contributed by atoms with van der Waals surface area (Å²) in [4.78, 5) is 18.0. The molecule has 0 bridgehead atoms. The molecule has 25 heavy (non-hydrogen) atoms. The van der Waals surface area contributed by atoms with Crippen molar-refractivity contribution in [2.45, 2.75) is 37.5 Å². The number of halogens is 1. The second kappa shape index (κ2) is 6.54. The van der Waals surface area contributed by atoms with Crippen molar-refractivity contribution in [3.63, 3.8) is 0 Å². The van der Waals surface area contributed by atoms with E-state index in [2.05, 4.69) is 4.98 Å². The van der Waals surface area contributed by atoms with Gasteiger partial charge in [0.25, 0.3) is 5.91 Å². The van der Waals surface area contributed by atoms with Gasteiger partial charge in [-0.15, -0.1) is 0 Å². The minimum atomic E-state index is -0.267. The Morgan fingerprint density at radius 2 is 1.92 bits per heavy atom. The predicted octanol–water partition coefficient (Wildman–Crippen LogP) is 4.06. The minimum Gasteiger partial charge on any atom is -0.494 e. The molecule has 1 amide bonds. The summed E-state index contributed by atoms with van der Waals surface area (Å²) in [6.45, 7) is 1.32. The highest BCUT2D eigenvalue weighted by molar-refractivity contribution is 5.95. The first kappa shape index (κ1) is 16.2. The van der Waals surface area contributed by atoms with E-state index in [4.69, 9.17) is 4.74 Å². The van der Waals surface area contributed by atoms with Gasteiger partial charge in [0.15, 0.2) is 11.6 Å². The van der Waals surface area contributed by atoms with Crippen LogP contribution in [0.4, 0.5) is 4.39 Å². The van der Waals surface area contributed by atoms with Gasteiger partial charge in [-0.1, -0.05) is 12.1 Å². The molecule has 2 heterocycles. The number of H-pyrrole nitrogens is 1. The van der Waals surface area contributed by atoms with Crippen LogP contribution in [0.25, 0.3) is 0 Å². The van der Waals surface area contributed by atoms with Gasteiger partial charge in [-0.25, -0.2) is 4.39 Å². The lowest BCUT2D eigenvalue weighted by molar-refractivity contribution is 0.0711. The minimum absolute atomic E-state index is 0.104. The normalized spacial score (nSPS) is 18.4. The maximum Gasteiger partial charge on any atom is 0.255 e.